The predicted molar refractivity (Wildman–Crippen MR) is 74.7 cm³/mol. The van der Waals surface area contributed by atoms with Crippen LogP contribution in [0.2, 0.25) is 0 Å². The number of allylic oxidation sites excluding steroid dienone is 1. The molecule has 18 heavy (non-hydrogen) atoms. The predicted octanol–water partition coefficient (Wildman–Crippen LogP) is 3.88. The van der Waals surface area contributed by atoms with E-state index in [0.717, 1.165) is 10.6 Å². The molecule has 1 aromatic heterocycles. The molecule has 0 N–H and O–H groups in total. The SMILES string of the molecule is Cc1cccc(C(=O)/C=C/Sc2ccccn2)c1. The number of carbonyl (C=O) groups is 1. The van der Waals surface area contributed by atoms with E-state index in [0.29, 0.717) is 5.56 Å². The maximum atomic E-state index is 11.9. The molecular formula is C15H13NOS. The van der Waals surface area contributed by atoms with Crippen molar-refractivity contribution in [1.82, 2.24) is 4.98 Å². The van der Waals surface area contributed by atoms with Gasteiger partial charge in [0.2, 0.25) is 0 Å². The van der Waals surface area contributed by atoms with E-state index in [-0.39, 0.29) is 5.78 Å². The molecule has 2 nitrogen and oxygen atoms in total. The zero-order valence-corrected chi connectivity index (χ0v) is 10.9. The van der Waals surface area contributed by atoms with Crippen LogP contribution in [0.1, 0.15) is 15.9 Å². The summed E-state index contributed by atoms with van der Waals surface area (Å²) < 4.78 is 0. The smallest absolute Gasteiger partial charge is 0.186 e. The molecule has 90 valence electrons. The first-order chi connectivity index (χ1) is 8.75. The van der Waals surface area contributed by atoms with E-state index < -0.39 is 0 Å². The Kier molecular flexibility index (Phi) is 4.31. The van der Waals surface area contributed by atoms with Crippen LogP contribution >= 0.6 is 11.8 Å². The molecule has 0 bridgehead atoms. The number of hydrogen-bond donors (Lipinski definition) is 0. The topological polar surface area (TPSA) is 30.0 Å². The second-order valence-electron chi connectivity index (χ2n) is 3.82. The fourth-order valence-electron chi connectivity index (χ4n) is 1.48. The highest BCUT2D eigenvalue weighted by atomic mass is 32.2. The third kappa shape index (κ3) is 3.57. The summed E-state index contributed by atoms with van der Waals surface area (Å²) in [5, 5.41) is 2.65. The Labute approximate surface area is 111 Å². The fraction of sp³-hybridized carbons (Fsp3) is 0.0667. The van der Waals surface area contributed by atoms with E-state index in [1.165, 1.54) is 11.8 Å². The van der Waals surface area contributed by atoms with Gasteiger partial charge in [0.1, 0.15) is 5.03 Å². The Morgan fingerprint density at radius 1 is 1.22 bits per heavy atom. The van der Waals surface area contributed by atoms with Crippen molar-refractivity contribution >= 4 is 17.5 Å². The maximum absolute atomic E-state index is 11.9. The molecule has 0 amide bonds. The molecule has 0 aliphatic carbocycles. The van der Waals surface area contributed by atoms with Crippen LogP contribution in [0, 0.1) is 6.92 Å². The summed E-state index contributed by atoms with van der Waals surface area (Å²) in [6, 6.07) is 13.3. The van der Waals surface area contributed by atoms with Crippen LogP contribution in [0.4, 0.5) is 0 Å². The maximum Gasteiger partial charge on any atom is 0.186 e. The van der Waals surface area contributed by atoms with Crippen LogP contribution in [0.15, 0.2) is 65.2 Å². The molecule has 2 aromatic rings. The second kappa shape index (κ2) is 6.17. The molecule has 0 aliphatic rings. The molecule has 0 unspecified atom stereocenters. The van der Waals surface area contributed by atoms with E-state index in [2.05, 4.69) is 4.98 Å². The molecule has 0 atom stereocenters. The van der Waals surface area contributed by atoms with Gasteiger partial charge in [0, 0.05) is 11.8 Å². The van der Waals surface area contributed by atoms with Gasteiger partial charge >= 0.3 is 0 Å². The number of aryl methyl sites for hydroxylation is 1. The van der Waals surface area contributed by atoms with Crippen LogP contribution < -0.4 is 0 Å². The number of carbonyl (C=O) groups excluding carboxylic acids is 1. The summed E-state index contributed by atoms with van der Waals surface area (Å²) in [6.07, 6.45) is 3.31. The zero-order chi connectivity index (χ0) is 12.8. The Balaban J connectivity index is 1.99. The Morgan fingerprint density at radius 2 is 2.11 bits per heavy atom. The number of aromatic nitrogens is 1. The van der Waals surface area contributed by atoms with Gasteiger partial charge < -0.3 is 0 Å². The molecule has 0 fully saturated rings. The third-order valence-corrected chi connectivity index (χ3v) is 3.10. The van der Waals surface area contributed by atoms with Crippen molar-refractivity contribution in [2.45, 2.75) is 11.9 Å². The van der Waals surface area contributed by atoms with Crippen molar-refractivity contribution in [3.63, 3.8) is 0 Å². The van der Waals surface area contributed by atoms with Crippen molar-refractivity contribution in [1.29, 1.82) is 0 Å². The monoisotopic (exact) mass is 255 g/mol. The Morgan fingerprint density at radius 3 is 2.83 bits per heavy atom. The quantitative estimate of drug-likeness (QED) is 0.472. The third-order valence-electron chi connectivity index (χ3n) is 2.35. The Hall–Kier alpha value is -1.87. The van der Waals surface area contributed by atoms with Crippen molar-refractivity contribution < 1.29 is 4.79 Å². The number of thioether (sulfide) groups is 1. The molecule has 0 radical (unpaired) electrons. The standard InChI is InChI=1S/C15H13NOS/c1-12-5-4-6-13(11-12)14(17)8-10-18-15-7-2-3-9-16-15/h2-11H,1H3/b10-8+. The number of benzene rings is 1. The second-order valence-corrected chi connectivity index (χ2v) is 4.75. The van der Waals surface area contributed by atoms with Gasteiger partial charge in [-0.3, -0.25) is 4.79 Å². The van der Waals surface area contributed by atoms with Gasteiger partial charge in [-0.15, -0.1) is 0 Å². The molecule has 0 aliphatic heterocycles. The number of nitrogens with zero attached hydrogens (tertiary/aromatic N) is 1. The summed E-state index contributed by atoms with van der Waals surface area (Å²) in [5.74, 6) is 0.0159. The van der Waals surface area contributed by atoms with Crippen LogP contribution in [-0.2, 0) is 0 Å². The highest BCUT2D eigenvalue weighted by molar-refractivity contribution is 8.02. The van der Waals surface area contributed by atoms with E-state index in [1.54, 1.807) is 17.7 Å². The normalized spacial score (nSPS) is 10.7. The van der Waals surface area contributed by atoms with Crippen LogP contribution in [-0.4, -0.2) is 10.8 Å². The lowest BCUT2D eigenvalue weighted by Gasteiger charge is -1.97. The first kappa shape index (κ1) is 12.6. The van der Waals surface area contributed by atoms with Crippen LogP contribution in [0.3, 0.4) is 0 Å². The molecule has 2 rings (SSSR count). The summed E-state index contributed by atoms with van der Waals surface area (Å²) >= 11 is 1.44. The van der Waals surface area contributed by atoms with E-state index in [1.807, 2.05) is 49.4 Å². The molecule has 0 saturated carbocycles. The van der Waals surface area contributed by atoms with E-state index >= 15 is 0 Å². The molecule has 1 heterocycles. The minimum Gasteiger partial charge on any atom is -0.289 e. The number of hydrogen-bond acceptors (Lipinski definition) is 3. The minimum absolute atomic E-state index is 0.0159. The van der Waals surface area contributed by atoms with Gasteiger partial charge in [0.25, 0.3) is 0 Å². The van der Waals surface area contributed by atoms with E-state index in [9.17, 15) is 4.79 Å². The highest BCUT2D eigenvalue weighted by Gasteiger charge is 2.00. The average Bonchev–Trinajstić information content (AvgIpc) is 2.40. The van der Waals surface area contributed by atoms with Crippen molar-refractivity contribution in [3.8, 4) is 0 Å². The fourth-order valence-corrected chi connectivity index (χ4v) is 2.09. The van der Waals surface area contributed by atoms with Crippen LogP contribution in [0.25, 0.3) is 0 Å². The zero-order valence-electron chi connectivity index (χ0n) is 10.0. The number of rotatable bonds is 4. The van der Waals surface area contributed by atoms with Crippen LogP contribution in [0.5, 0.6) is 0 Å². The molecule has 0 saturated heterocycles. The first-order valence-electron chi connectivity index (χ1n) is 5.61. The minimum atomic E-state index is 0.0159. The van der Waals surface area contributed by atoms with Crippen molar-refractivity contribution in [2.24, 2.45) is 0 Å². The number of pyridine rings is 1. The summed E-state index contributed by atoms with van der Waals surface area (Å²) in [7, 11) is 0. The van der Waals surface area contributed by atoms with E-state index in [4.69, 9.17) is 0 Å². The largest absolute Gasteiger partial charge is 0.289 e. The average molecular weight is 255 g/mol. The van der Waals surface area contributed by atoms with Gasteiger partial charge in [-0.1, -0.05) is 41.6 Å². The van der Waals surface area contributed by atoms with Gasteiger partial charge in [-0.25, -0.2) is 4.98 Å². The molecule has 3 heteroatoms. The lowest BCUT2D eigenvalue weighted by Crippen LogP contribution is -1.93. The van der Waals surface area contributed by atoms with Crippen molar-refractivity contribution in [3.05, 3.63) is 71.3 Å². The molecular weight excluding hydrogens is 242 g/mol. The summed E-state index contributed by atoms with van der Waals surface area (Å²) in [4.78, 5) is 16.0. The van der Waals surface area contributed by atoms with Gasteiger partial charge in [0.15, 0.2) is 5.78 Å². The highest BCUT2D eigenvalue weighted by Crippen LogP contribution is 2.15. The van der Waals surface area contributed by atoms with Crippen molar-refractivity contribution in [2.75, 3.05) is 0 Å². The Bertz CT molecular complexity index is 564. The lowest BCUT2D eigenvalue weighted by molar-refractivity contribution is 0.104. The first-order valence-corrected chi connectivity index (χ1v) is 6.49. The number of ketones is 1. The summed E-state index contributed by atoms with van der Waals surface area (Å²) in [5.41, 5.74) is 1.81. The molecule has 1 aromatic carbocycles. The lowest BCUT2D eigenvalue weighted by atomic mass is 10.1. The summed E-state index contributed by atoms with van der Waals surface area (Å²) in [6.45, 7) is 1.98. The van der Waals surface area contributed by atoms with Gasteiger partial charge in [0.05, 0.1) is 0 Å². The van der Waals surface area contributed by atoms with Gasteiger partial charge in [-0.2, -0.15) is 0 Å². The molecule has 0 spiro atoms. The van der Waals surface area contributed by atoms with Gasteiger partial charge in [-0.05, 0) is 36.6 Å².